The Labute approximate surface area is 125 Å². The molecule has 0 spiro atoms. The van der Waals surface area contributed by atoms with Crippen molar-refractivity contribution in [2.24, 2.45) is 0 Å². The maximum Gasteiger partial charge on any atom is 0.496 e. The van der Waals surface area contributed by atoms with Crippen LogP contribution in [0.3, 0.4) is 0 Å². The third-order valence-corrected chi connectivity index (χ3v) is 6.29. The highest BCUT2D eigenvalue weighted by Gasteiger charge is 2.29. The van der Waals surface area contributed by atoms with Gasteiger partial charge in [0.05, 0.1) is 0 Å². The molecule has 0 rings (SSSR count). The Morgan fingerprint density at radius 1 is 0.474 bits per heavy atom. The molecule has 0 radical (unpaired) electrons. The van der Waals surface area contributed by atoms with Crippen molar-refractivity contribution in [1.82, 2.24) is 0 Å². The molecule has 0 aromatic heterocycles. The van der Waals surface area contributed by atoms with Crippen LogP contribution in [0.1, 0.15) is 29.7 Å². The van der Waals surface area contributed by atoms with Gasteiger partial charge in [-0.05, 0) is 13.1 Å². The van der Waals surface area contributed by atoms with E-state index in [1.54, 1.807) is 35.5 Å². The first-order chi connectivity index (χ1) is 6.80. The molecule has 0 aliphatic carbocycles. The maximum atomic E-state index is 5.00. The van der Waals surface area contributed by atoms with E-state index in [9.17, 15) is 0 Å². The van der Waals surface area contributed by atoms with Crippen LogP contribution in [0.25, 0.3) is 0 Å². The zero-order valence-corrected chi connectivity index (χ0v) is 13.0. The summed E-state index contributed by atoms with van der Waals surface area (Å²) in [4.78, 5) is 0. The van der Waals surface area contributed by atoms with E-state index in [1.165, 1.54) is 0 Å². The Hall–Kier alpha value is 0.234. The Bertz CT molecular complexity index is 139. The Balaban J connectivity index is -0.0000000369. The second-order valence-electron chi connectivity index (χ2n) is 3.28. The van der Waals surface area contributed by atoms with Crippen molar-refractivity contribution in [2.75, 3.05) is 35.5 Å². The average Bonchev–Trinajstić information content (AvgIpc) is 2.29. The van der Waals surface area contributed by atoms with Crippen molar-refractivity contribution in [3.05, 3.63) is 0 Å². The molecule has 0 atom stereocenters. The van der Waals surface area contributed by atoms with Crippen molar-refractivity contribution in [3.8, 4) is 0 Å². The van der Waals surface area contributed by atoms with Crippen molar-refractivity contribution in [3.63, 3.8) is 0 Å². The molecule has 0 aromatic carbocycles. The summed E-state index contributed by atoms with van der Waals surface area (Å²) in [7, 11) is 4.28. The molecular formula is C12H40O5Si2. The molecule has 5 nitrogen and oxygen atoms in total. The highest BCUT2D eigenvalue weighted by molar-refractivity contribution is 6.64. The molecule has 0 N–H and O–H groups in total. The number of rotatable bonds is 5. The van der Waals surface area contributed by atoms with Gasteiger partial charge in [-0.2, -0.15) is 0 Å². The SMILES string of the molecule is C.C.C.C.CO[Si](C)(C)OC.CO[Si](C)(OC)OC. The highest BCUT2D eigenvalue weighted by Crippen LogP contribution is 2.02. The lowest BCUT2D eigenvalue weighted by molar-refractivity contribution is 0.132. The molecular weight excluding hydrogens is 280 g/mol. The van der Waals surface area contributed by atoms with Gasteiger partial charge in [0.1, 0.15) is 0 Å². The maximum absolute atomic E-state index is 5.00. The molecule has 0 heterocycles. The van der Waals surface area contributed by atoms with Gasteiger partial charge in [-0.15, -0.1) is 0 Å². The second-order valence-corrected chi connectivity index (χ2v) is 9.85. The lowest BCUT2D eigenvalue weighted by Crippen LogP contribution is -2.38. The van der Waals surface area contributed by atoms with Crippen molar-refractivity contribution >= 4 is 17.4 Å². The minimum absolute atomic E-state index is 0. The summed E-state index contributed by atoms with van der Waals surface area (Å²) in [5.74, 6) is 0. The first-order valence-corrected chi connectivity index (χ1v) is 9.60. The molecule has 0 bridgehead atoms. The standard InChI is InChI=1S/C4H12O3Si.C4H12O2Si.4CH4/c1-5-8(4,6-2)7-3;1-5-7(3,4)6-2;;;;/h1-4H3;1-4H3;4*1H4. The molecule has 0 aromatic rings. The normalized spacial score (nSPS) is 9.47. The molecule has 0 amide bonds. The van der Waals surface area contributed by atoms with E-state index in [0.29, 0.717) is 0 Å². The van der Waals surface area contributed by atoms with Crippen LogP contribution in [0, 0.1) is 0 Å². The minimum atomic E-state index is -2.17. The van der Waals surface area contributed by atoms with Crippen LogP contribution in [0.2, 0.25) is 19.6 Å². The predicted octanol–water partition coefficient (Wildman–Crippen LogP) is 4.02. The summed E-state index contributed by atoms with van der Waals surface area (Å²) in [5, 5.41) is 0. The van der Waals surface area contributed by atoms with Gasteiger partial charge < -0.3 is 22.1 Å². The fourth-order valence-electron chi connectivity index (χ4n) is 0.333. The molecule has 19 heavy (non-hydrogen) atoms. The third kappa shape index (κ3) is 20.7. The summed E-state index contributed by atoms with van der Waals surface area (Å²) >= 11 is 0. The van der Waals surface area contributed by atoms with Gasteiger partial charge in [0.2, 0.25) is 0 Å². The van der Waals surface area contributed by atoms with Gasteiger partial charge in [0.25, 0.3) is 0 Å². The Morgan fingerprint density at radius 3 is 0.684 bits per heavy atom. The average molecular weight is 321 g/mol. The van der Waals surface area contributed by atoms with Crippen molar-refractivity contribution < 1.29 is 22.1 Å². The fraction of sp³-hybridized carbons (Fsp3) is 1.00. The Morgan fingerprint density at radius 2 is 0.684 bits per heavy atom. The molecule has 0 aliphatic heterocycles. The number of hydrogen-bond donors (Lipinski definition) is 0. The van der Waals surface area contributed by atoms with Crippen LogP contribution in [0.15, 0.2) is 0 Å². The van der Waals surface area contributed by atoms with E-state index >= 15 is 0 Å². The van der Waals surface area contributed by atoms with Crippen LogP contribution in [0.4, 0.5) is 0 Å². The molecule has 7 heteroatoms. The van der Waals surface area contributed by atoms with Crippen LogP contribution in [-0.4, -0.2) is 52.9 Å². The van der Waals surface area contributed by atoms with Gasteiger partial charge in [-0.25, -0.2) is 0 Å². The lowest BCUT2D eigenvalue weighted by Gasteiger charge is -2.18. The topological polar surface area (TPSA) is 46.2 Å². The first-order valence-electron chi connectivity index (χ1n) is 4.56. The minimum Gasteiger partial charge on any atom is -0.398 e. The van der Waals surface area contributed by atoms with Crippen molar-refractivity contribution in [2.45, 2.75) is 49.3 Å². The van der Waals surface area contributed by atoms with Gasteiger partial charge in [0, 0.05) is 42.1 Å². The largest absolute Gasteiger partial charge is 0.496 e. The highest BCUT2D eigenvalue weighted by atomic mass is 28.4. The summed E-state index contributed by atoms with van der Waals surface area (Å²) < 4.78 is 24.8. The van der Waals surface area contributed by atoms with Gasteiger partial charge in [0.15, 0.2) is 0 Å². The van der Waals surface area contributed by atoms with E-state index in [2.05, 4.69) is 0 Å². The summed E-state index contributed by atoms with van der Waals surface area (Å²) in [6, 6.07) is 0. The third-order valence-electron chi connectivity index (χ3n) is 2.10. The smallest absolute Gasteiger partial charge is 0.398 e. The summed E-state index contributed by atoms with van der Waals surface area (Å²) in [6.07, 6.45) is 0. The monoisotopic (exact) mass is 320 g/mol. The van der Waals surface area contributed by atoms with Crippen molar-refractivity contribution in [1.29, 1.82) is 0 Å². The fourth-order valence-corrected chi connectivity index (χ4v) is 1.00. The molecule has 0 unspecified atom stereocenters. The van der Waals surface area contributed by atoms with E-state index in [0.717, 1.165) is 0 Å². The van der Waals surface area contributed by atoms with E-state index in [-0.39, 0.29) is 29.7 Å². The molecule has 126 valence electrons. The second kappa shape index (κ2) is 18.2. The van der Waals surface area contributed by atoms with E-state index in [1.807, 2.05) is 19.6 Å². The quantitative estimate of drug-likeness (QED) is 0.716. The molecule has 0 saturated heterocycles. The van der Waals surface area contributed by atoms with Crippen LogP contribution < -0.4 is 0 Å². The van der Waals surface area contributed by atoms with Crippen LogP contribution in [0.5, 0.6) is 0 Å². The molecule has 0 saturated carbocycles. The first kappa shape index (κ1) is 36.5. The number of hydrogen-bond acceptors (Lipinski definition) is 5. The van der Waals surface area contributed by atoms with Crippen LogP contribution in [-0.2, 0) is 22.1 Å². The summed E-state index contributed by atoms with van der Waals surface area (Å²) in [5.41, 5.74) is 0. The Kier molecular flexibility index (Phi) is 35.0. The van der Waals surface area contributed by atoms with Gasteiger partial charge in [-0.1, -0.05) is 29.7 Å². The van der Waals surface area contributed by atoms with E-state index < -0.39 is 17.4 Å². The zero-order valence-electron chi connectivity index (χ0n) is 11.0. The van der Waals surface area contributed by atoms with E-state index in [4.69, 9.17) is 22.1 Å². The molecule has 0 fully saturated rings. The summed E-state index contributed by atoms with van der Waals surface area (Å²) in [6.45, 7) is 5.81. The zero-order chi connectivity index (χ0) is 12.5. The molecule has 0 aliphatic rings. The van der Waals surface area contributed by atoms with Gasteiger partial charge >= 0.3 is 17.4 Å². The predicted molar refractivity (Wildman–Crippen MR) is 91.1 cm³/mol. The van der Waals surface area contributed by atoms with Gasteiger partial charge in [-0.3, -0.25) is 0 Å². The lowest BCUT2D eigenvalue weighted by atomic mass is 11.8. The van der Waals surface area contributed by atoms with Crippen LogP contribution >= 0.6 is 0 Å².